The van der Waals surface area contributed by atoms with Crippen LogP contribution in [0.4, 0.5) is 0 Å². The van der Waals surface area contributed by atoms with Crippen LogP contribution in [0.25, 0.3) is 0 Å². The van der Waals surface area contributed by atoms with Crippen LogP contribution in [-0.2, 0) is 16.6 Å². The zero-order chi connectivity index (χ0) is 11.8. The molecule has 2 rings (SSSR count). The maximum absolute atomic E-state index is 12.3. The first-order valence-electron chi connectivity index (χ1n) is 5.60. The number of hydrogen-bond donors (Lipinski definition) is 0. The van der Waals surface area contributed by atoms with Gasteiger partial charge in [-0.1, -0.05) is 0 Å². The third-order valence-electron chi connectivity index (χ3n) is 2.91. The molecule has 6 heteroatoms. The predicted molar refractivity (Wildman–Crippen MR) is 60.6 cm³/mol. The second-order valence-electron chi connectivity index (χ2n) is 4.05. The van der Waals surface area contributed by atoms with Crippen LogP contribution in [0.1, 0.15) is 25.5 Å². The van der Waals surface area contributed by atoms with Gasteiger partial charge in [-0.2, -0.15) is 9.40 Å². The molecule has 0 radical (unpaired) electrons. The Morgan fingerprint density at radius 2 is 2.00 bits per heavy atom. The van der Waals surface area contributed by atoms with Crippen LogP contribution in [-0.4, -0.2) is 35.6 Å². The van der Waals surface area contributed by atoms with E-state index in [9.17, 15) is 8.42 Å². The van der Waals surface area contributed by atoms with Gasteiger partial charge in [-0.3, -0.25) is 4.68 Å². The lowest BCUT2D eigenvalue weighted by atomic mass is 10.4. The van der Waals surface area contributed by atoms with Gasteiger partial charge in [0.15, 0.2) is 0 Å². The van der Waals surface area contributed by atoms with Crippen LogP contribution in [0.2, 0.25) is 0 Å². The second-order valence-corrected chi connectivity index (χ2v) is 5.95. The Hall–Kier alpha value is -0.880. The molecule has 16 heavy (non-hydrogen) atoms. The largest absolute Gasteiger partial charge is 0.271 e. The van der Waals surface area contributed by atoms with Crippen LogP contribution in [0, 0.1) is 6.92 Å². The van der Waals surface area contributed by atoms with Crippen LogP contribution in [0.3, 0.4) is 0 Å². The van der Waals surface area contributed by atoms with Crippen molar-refractivity contribution in [3.8, 4) is 0 Å². The zero-order valence-electron chi connectivity index (χ0n) is 9.68. The van der Waals surface area contributed by atoms with Crippen molar-refractivity contribution in [1.29, 1.82) is 0 Å². The van der Waals surface area contributed by atoms with Crippen molar-refractivity contribution in [3.63, 3.8) is 0 Å². The van der Waals surface area contributed by atoms with Gasteiger partial charge in [0.2, 0.25) is 10.0 Å². The Kier molecular flexibility index (Phi) is 3.03. The average Bonchev–Trinajstić information content (AvgIpc) is 2.85. The van der Waals surface area contributed by atoms with Crippen molar-refractivity contribution in [2.24, 2.45) is 0 Å². The molecule has 0 aromatic carbocycles. The minimum atomic E-state index is -3.31. The molecule has 0 atom stereocenters. The summed E-state index contributed by atoms with van der Waals surface area (Å²) in [7, 11) is -3.31. The summed E-state index contributed by atoms with van der Waals surface area (Å²) >= 11 is 0. The first kappa shape index (κ1) is 11.6. The molecule has 1 aromatic heterocycles. The lowest BCUT2D eigenvalue weighted by Gasteiger charge is -2.14. The monoisotopic (exact) mass is 243 g/mol. The molecule has 1 aliphatic heterocycles. The van der Waals surface area contributed by atoms with E-state index in [1.165, 1.54) is 0 Å². The number of sulfonamides is 1. The van der Waals surface area contributed by atoms with Crippen LogP contribution >= 0.6 is 0 Å². The van der Waals surface area contributed by atoms with Gasteiger partial charge in [0.25, 0.3) is 0 Å². The molecule has 0 unspecified atom stereocenters. The Morgan fingerprint density at radius 3 is 2.50 bits per heavy atom. The molecule has 0 spiro atoms. The first-order chi connectivity index (χ1) is 7.55. The number of aryl methyl sites for hydroxylation is 2. The highest BCUT2D eigenvalue weighted by molar-refractivity contribution is 7.89. The fraction of sp³-hybridized carbons (Fsp3) is 0.700. The van der Waals surface area contributed by atoms with Gasteiger partial charge in [0, 0.05) is 25.8 Å². The predicted octanol–water partition coefficient (Wildman–Crippen LogP) is 0.996. The number of rotatable bonds is 3. The number of aromatic nitrogens is 2. The molecule has 5 nitrogen and oxygen atoms in total. The van der Waals surface area contributed by atoms with E-state index in [2.05, 4.69) is 5.10 Å². The summed E-state index contributed by atoms with van der Waals surface area (Å²) in [5.74, 6) is 0. The Labute approximate surface area is 96.1 Å². The van der Waals surface area contributed by atoms with E-state index in [-0.39, 0.29) is 0 Å². The lowest BCUT2D eigenvalue weighted by molar-refractivity contribution is 0.477. The molecular formula is C10H17N3O2S. The molecule has 0 N–H and O–H groups in total. The molecule has 0 bridgehead atoms. The SMILES string of the molecule is CCn1cc(S(=O)(=O)N2CCCC2)c(C)n1. The van der Waals surface area contributed by atoms with E-state index >= 15 is 0 Å². The summed E-state index contributed by atoms with van der Waals surface area (Å²) in [4.78, 5) is 0.358. The zero-order valence-corrected chi connectivity index (χ0v) is 10.5. The molecule has 1 aliphatic rings. The van der Waals surface area contributed by atoms with E-state index in [4.69, 9.17) is 0 Å². The lowest BCUT2D eigenvalue weighted by Crippen LogP contribution is -2.28. The summed E-state index contributed by atoms with van der Waals surface area (Å²) in [6, 6.07) is 0. The summed E-state index contributed by atoms with van der Waals surface area (Å²) in [5.41, 5.74) is 0.591. The Bertz CT molecular complexity index is 472. The average molecular weight is 243 g/mol. The van der Waals surface area contributed by atoms with Gasteiger partial charge in [-0.15, -0.1) is 0 Å². The minimum Gasteiger partial charge on any atom is -0.271 e. The van der Waals surface area contributed by atoms with Crippen molar-refractivity contribution in [2.45, 2.75) is 38.1 Å². The summed E-state index contributed by atoms with van der Waals surface area (Å²) < 4.78 is 27.7. The van der Waals surface area contributed by atoms with E-state index < -0.39 is 10.0 Å². The van der Waals surface area contributed by atoms with Crippen LogP contribution in [0.15, 0.2) is 11.1 Å². The van der Waals surface area contributed by atoms with Gasteiger partial charge in [-0.05, 0) is 26.7 Å². The smallest absolute Gasteiger partial charge is 0.246 e. The fourth-order valence-electron chi connectivity index (χ4n) is 1.98. The molecule has 0 saturated carbocycles. The minimum absolute atomic E-state index is 0.358. The van der Waals surface area contributed by atoms with Crippen LogP contribution < -0.4 is 0 Å². The van der Waals surface area contributed by atoms with E-state index in [0.29, 0.717) is 30.2 Å². The highest BCUT2D eigenvalue weighted by Gasteiger charge is 2.29. The van der Waals surface area contributed by atoms with Gasteiger partial charge < -0.3 is 0 Å². The highest BCUT2D eigenvalue weighted by atomic mass is 32.2. The second kappa shape index (κ2) is 4.18. The molecule has 1 aromatic rings. The normalized spacial score (nSPS) is 18.1. The summed E-state index contributed by atoms with van der Waals surface area (Å²) in [6.45, 7) is 5.66. The van der Waals surface area contributed by atoms with Crippen molar-refractivity contribution in [2.75, 3.05) is 13.1 Å². The van der Waals surface area contributed by atoms with Crippen LogP contribution in [0.5, 0.6) is 0 Å². The van der Waals surface area contributed by atoms with Crippen molar-refractivity contribution in [3.05, 3.63) is 11.9 Å². The Morgan fingerprint density at radius 1 is 1.38 bits per heavy atom. The number of hydrogen-bond acceptors (Lipinski definition) is 3. The Balaban J connectivity index is 2.38. The molecule has 0 aliphatic carbocycles. The number of nitrogens with zero attached hydrogens (tertiary/aromatic N) is 3. The van der Waals surface area contributed by atoms with E-state index in [0.717, 1.165) is 12.8 Å². The standard InChI is InChI=1S/C10H17N3O2S/c1-3-12-8-10(9(2)11-12)16(14,15)13-6-4-5-7-13/h8H,3-7H2,1-2H3. The third kappa shape index (κ3) is 1.87. The van der Waals surface area contributed by atoms with Gasteiger partial charge in [0.05, 0.1) is 5.69 Å². The maximum Gasteiger partial charge on any atom is 0.246 e. The first-order valence-corrected chi connectivity index (χ1v) is 7.04. The van der Waals surface area contributed by atoms with E-state index in [1.807, 2.05) is 6.92 Å². The molecule has 1 fully saturated rings. The van der Waals surface area contributed by atoms with Gasteiger partial charge >= 0.3 is 0 Å². The maximum atomic E-state index is 12.3. The van der Waals surface area contributed by atoms with Gasteiger partial charge in [0.1, 0.15) is 4.90 Å². The molecule has 0 amide bonds. The third-order valence-corrected chi connectivity index (χ3v) is 4.91. The van der Waals surface area contributed by atoms with E-state index in [1.54, 1.807) is 22.1 Å². The molecule has 1 saturated heterocycles. The summed E-state index contributed by atoms with van der Waals surface area (Å²) in [5, 5.41) is 4.18. The fourth-order valence-corrected chi connectivity index (χ4v) is 3.67. The van der Waals surface area contributed by atoms with Crippen molar-refractivity contribution in [1.82, 2.24) is 14.1 Å². The molecule has 2 heterocycles. The molecule has 90 valence electrons. The topological polar surface area (TPSA) is 55.2 Å². The highest BCUT2D eigenvalue weighted by Crippen LogP contribution is 2.22. The summed E-state index contributed by atoms with van der Waals surface area (Å²) in [6.07, 6.45) is 3.55. The quantitative estimate of drug-likeness (QED) is 0.795. The molecular weight excluding hydrogens is 226 g/mol. The van der Waals surface area contributed by atoms with Crippen molar-refractivity contribution < 1.29 is 8.42 Å². The van der Waals surface area contributed by atoms with Crippen molar-refractivity contribution >= 4 is 10.0 Å². The van der Waals surface area contributed by atoms with Gasteiger partial charge in [-0.25, -0.2) is 8.42 Å².